The molecule has 1 heterocycles. The molecule has 3 heteroatoms. The van der Waals surface area contributed by atoms with Crippen molar-refractivity contribution in [1.82, 2.24) is 4.98 Å². The summed E-state index contributed by atoms with van der Waals surface area (Å²) in [6.45, 7) is 2.04. The lowest BCUT2D eigenvalue weighted by molar-refractivity contribution is 0.480. The first-order valence-electron chi connectivity index (χ1n) is 6.15. The van der Waals surface area contributed by atoms with E-state index in [-0.39, 0.29) is 5.75 Å². The van der Waals surface area contributed by atoms with Crippen LogP contribution in [0, 0.1) is 6.92 Å². The van der Waals surface area contributed by atoms with Gasteiger partial charge in [0.15, 0.2) is 0 Å². The van der Waals surface area contributed by atoms with E-state index in [0.717, 1.165) is 22.5 Å². The molecule has 0 bridgehead atoms. The minimum Gasteiger partial charge on any atom is -0.506 e. The summed E-state index contributed by atoms with van der Waals surface area (Å²) in [6, 6.07) is 17.3. The van der Waals surface area contributed by atoms with Gasteiger partial charge in [-0.05, 0) is 36.8 Å². The van der Waals surface area contributed by atoms with Crippen LogP contribution in [0.1, 0.15) is 5.56 Å². The Morgan fingerprint density at radius 3 is 2.63 bits per heavy atom. The summed E-state index contributed by atoms with van der Waals surface area (Å²) >= 11 is 0. The standard InChI is InChI=1S/C16H14N2O/c1-11-5-2-3-7-13(11)17-15-10-9-12-6-4-8-14(19)16(12)18-15/h2-10,19H,1H3,(H,17,18). The molecule has 0 aliphatic rings. The summed E-state index contributed by atoms with van der Waals surface area (Å²) < 4.78 is 0. The van der Waals surface area contributed by atoms with E-state index in [1.54, 1.807) is 6.07 Å². The molecule has 3 nitrogen and oxygen atoms in total. The van der Waals surface area contributed by atoms with Gasteiger partial charge in [-0.3, -0.25) is 0 Å². The second-order valence-corrected chi connectivity index (χ2v) is 4.49. The van der Waals surface area contributed by atoms with Crippen molar-refractivity contribution in [3.8, 4) is 5.75 Å². The lowest BCUT2D eigenvalue weighted by Gasteiger charge is -2.09. The fraction of sp³-hybridized carbons (Fsp3) is 0.0625. The van der Waals surface area contributed by atoms with E-state index in [2.05, 4.69) is 10.3 Å². The predicted molar refractivity (Wildman–Crippen MR) is 77.9 cm³/mol. The van der Waals surface area contributed by atoms with Crippen LogP contribution in [0.4, 0.5) is 11.5 Å². The van der Waals surface area contributed by atoms with Crippen LogP contribution in [0.3, 0.4) is 0 Å². The number of hydrogen-bond donors (Lipinski definition) is 2. The molecule has 1 aromatic heterocycles. The number of para-hydroxylation sites is 2. The van der Waals surface area contributed by atoms with Crippen molar-refractivity contribution >= 4 is 22.4 Å². The number of pyridine rings is 1. The highest BCUT2D eigenvalue weighted by Crippen LogP contribution is 2.25. The third-order valence-corrected chi connectivity index (χ3v) is 3.11. The molecule has 0 radical (unpaired) electrons. The summed E-state index contributed by atoms with van der Waals surface area (Å²) in [5.41, 5.74) is 2.78. The highest BCUT2D eigenvalue weighted by Gasteiger charge is 2.03. The van der Waals surface area contributed by atoms with Crippen molar-refractivity contribution in [3.63, 3.8) is 0 Å². The second-order valence-electron chi connectivity index (χ2n) is 4.49. The first-order chi connectivity index (χ1) is 9.24. The van der Waals surface area contributed by atoms with Gasteiger partial charge in [0.1, 0.15) is 17.1 Å². The number of anilines is 2. The third kappa shape index (κ3) is 2.22. The number of rotatable bonds is 2. The number of aromatic nitrogens is 1. The fourth-order valence-corrected chi connectivity index (χ4v) is 2.05. The summed E-state index contributed by atoms with van der Waals surface area (Å²) in [6.07, 6.45) is 0. The molecular weight excluding hydrogens is 236 g/mol. The number of aryl methyl sites for hydroxylation is 1. The maximum atomic E-state index is 9.83. The van der Waals surface area contributed by atoms with E-state index in [9.17, 15) is 5.11 Å². The Hall–Kier alpha value is -2.55. The molecule has 0 aliphatic carbocycles. The Kier molecular flexibility index (Phi) is 2.80. The minimum absolute atomic E-state index is 0.200. The monoisotopic (exact) mass is 250 g/mol. The molecule has 3 rings (SSSR count). The van der Waals surface area contributed by atoms with Crippen molar-refractivity contribution in [3.05, 3.63) is 60.2 Å². The van der Waals surface area contributed by atoms with E-state index >= 15 is 0 Å². The average molecular weight is 250 g/mol. The number of hydrogen-bond acceptors (Lipinski definition) is 3. The molecule has 19 heavy (non-hydrogen) atoms. The summed E-state index contributed by atoms with van der Waals surface area (Å²) in [4.78, 5) is 4.45. The molecule has 0 fully saturated rings. The Balaban J connectivity index is 2.02. The van der Waals surface area contributed by atoms with E-state index in [4.69, 9.17) is 0 Å². The molecule has 3 aromatic rings. The lowest BCUT2D eigenvalue weighted by Crippen LogP contribution is -1.95. The number of benzene rings is 2. The average Bonchev–Trinajstić information content (AvgIpc) is 2.42. The zero-order valence-electron chi connectivity index (χ0n) is 10.6. The van der Waals surface area contributed by atoms with E-state index in [1.807, 2.05) is 55.5 Å². The molecule has 0 saturated heterocycles. The summed E-state index contributed by atoms with van der Waals surface area (Å²) in [5.74, 6) is 0.925. The molecule has 0 atom stereocenters. The third-order valence-electron chi connectivity index (χ3n) is 3.11. The van der Waals surface area contributed by atoms with Crippen LogP contribution in [0.15, 0.2) is 54.6 Å². The molecule has 2 N–H and O–H groups in total. The van der Waals surface area contributed by atoms with Crippen molar-refractivity contribution in [2.75, 3.05) is 5.32 Å². The van der Waals surface area contributed by atoms with E-state index in [1.165, 1.54) is 0 Å². The topological polar surface area (TPSA) is 45.1 Å². The fourth-order valence-electron chi connectivity index (χ4n) is 2.05. The molecule has 94 valence electrons. The lowest BCUT2D eigenvalue weighted by atomic mass is 10.2. The van der Waals surface area contributed by atoms with E-state index < -0.39 is 0 Å². The SMILES string of the molecule is Cc1ccccc1Nc1ccc2cccc(O)c2n1. The van der Waals surface area contributed by atoms with Gasteiger partial charge in [-0.2, -0.15) is 0 Å². The minimum atomic E-state index is 0.200. The zero-order chi connectivity index (χ0) is 13.2. The number of nitrogens with zero attached hydrogens (tertiary/aromatic N) is 1. The molecule has 0 saturated carbocycles. The highest BCUT2D eigenvalue weighted by atomic mass is 16.3. The van der Waals surface area contributed by atoms with Gasteiger partial charge in [0.25, 0.3) is 0 Å². The summed E-state index contributed by atoms with van der Waals surface area (Å²) in [5, 5.41) is 14.0. The smallest absolute Gasteiger partial charge is 0.141 e. The van der Waals surface area contributed by atoms with Crippen LogP contribution in [-0.2, 0) is 0 Å². The van der Waals surface area contributed by atoms with Gasteiger partial charge in [-0.15, -0.1) is 0 Å². The molecule has 2 aromatic carbocycles. The molecule has 0 spiro atoms. The second kappa shape index (κ2) is 4.61. The van der Waals surface area contributed by atoms with Crippen molar-refractivity contribution in [1.29, 1.82) is 0 Å². The van der Waals surface area contributed by atoms with Gasteiger partial charge < -0.3 is 10.4 Å². The van der Waals surface area contributed by atoms with Crippen molar-refractivity contribution in [2.45, 2.75) is 6.92 Å². The zero-order valence-corrected chi connectivity index (χ0v) is 10.6. The molecule has 0 amide bonds. The van der Waals surface area contributed by atoms with Crippen LogP contribution in [0.2, 0.25) is 0 Å². The maximum absolute atomic E-state index is 9.83. The van der Waals surface area contributed by atoms with Crippen molar-refractivity contribution < 1.29 is 5.11 Å². The largest absolute Gasteiger partial charge is 0.506 e. The Morgan fingerprint density at radius 1 is 0.947 bits per heavy atom. The molecule has 0 unspecified atom stereocenters. The van der Waals surface area contributed by atoms with Gasteiger partial charge >= 0.3 is 0 Å². The first kappa shape index (κ1) is 11.5. The number of phenolic OH excluding ortho intramolecular Hbond substituents is 1. The first-order valence-corrected chi connectivity index (χ1v) is 6.15. The number of nitrogens with one attached hydrogen (secondary N) is 1. The Bertz CT molecular complexity index is 738. The molecule has 0 aliphatic heterocycles. The quantitative estimate of drug-likeness (QED) is 0.722. The van der Waals surface area contributed by atoms with Crippen molar-refractivity contribution in [2.24, 2.45) is 0 Å². The van der Waals surface area contributed by atoms with Gasteiger partial charge in [0.2, 0.25) is 0 Å². The van der Waals surface area contributed by atoms with Gasteiger partial charge in [0, 0.05) is 11.1 Å². The van der Waals surface area contributed by atoms with Gasteiger partial charge in [-0.25, -0.2) is 4.98 Å². The normalized spacial score (nSPS) is 10.6. The van der Waals surface area contributed by atoms with Crippen LogP contribution >= 0.6 is 0 Å². The van der Waals surface area contributed by atoms with Crippen LogP contribution in [0.25, 0.3) is 10.9 Å². The van der Waals surface area contributed by atoms with Gasteiger partial charge in [0.05, 0.1) is 0 Å². The molecular formula is C16H14N2O. The van der Waals surface area contributed by atoms with Crippen LogP contribution in [-0.4, -0.2) is 10.1 Å². The number of aromatic hydroxyl groups is 1. The highest BCUT2D eigenvalue weighted by molar-refractivity contribution is 5.86. The number of phenols is 1. The van der Waals surface area contributed by atoms with Crippen LogP contribution in [0.5, 0.6) is 5.75 Å². The maximum Gasteiger partial charge on any atom is 0.141 e. The van der Waals surface area contributed by atoms with E-state index in [0.29, 0.717) is 5.52 Å². The summed E-state index contributed by atoms with van der Waals surface area (Å²) in [7, 11) is 0. The predicted octanol–water partition coefficient (Wildman–Crippen LogP) is 3.99. The van der Waals surface area contributed by atoms with Crippen LogP contribution < -0.4 is 5.32 Å². The van der Waals surface area contributed by atoms with Gasteiger partial charge in [-0.1, -0.05) is 30.3 Å². The number of fused-ring (bicyclic) bond motifs is 1. The Morgan fingerprint density at radius 2 is 1.79 bits per heavy atom. The Labute approximate surface area is 111 Å².